The van der Waals surface area contributed by atoms with Crippen LogP contribution in [0.3, 0.4) is 0 Å². The number of rotatable bonds is 6. The predicted molar refractivity (Wildman–Crippen MR) is 95.7 cm³/mol. The Morgan fingerprint density at radius 1 is 1.48 bits per heavy atom. The summed E-state index contributed by atoms with van der Waals surface area (Å²) in [7, 11) is 0. The number of hydrogen-bond donors (Lipinski definition) is 0. The molecule has 0 aliphatic heterocycles. The minimum absolute atomic E-state index is 0.0496. The highest BCUT2D eigenvalue weighted by molar-refractivity contribution is 7.99. The van der Waals surface area contributed by atoms with Gasteiger partial charge in [-0.1, -0.05) is 29.4 Å². The molecular formula is C16H11ClN4O2S2. The first-order chi connectivity index (χ1) is 12.1. The highest BCUT2D eigenvalue weighted by atomic mass is 35.5. The van der Waals surface area contributed by atoms with Gasteiger partial charge in [0.25, 0.3) is 5.22 Å². The summed E-state index contributed by atoms with van der Waals surface area (Å²) >= 11 is 8.34. The zero-order valence-corrected chi connectivity index (χ0v) is 15.4. The van der Waals surface area contributed by atoms with Gasteiger partial charge >= 0.3 is 0 Å². The number of hydrogen-bond acceptors (Lipinski definition) is 8. The second kappa shape index (κ2) is 7.78. The number of thioether (sulfide) groups is 1. The van der Waals surface area contributed by atoms with Crippen molar-refractivity contribution in [3.05, 3.63) is 45.4 Å². The molecule has 3 rings (SSSR count). The molecule has 0 radical (unpaired) electrons. The second-order valence-electron chi connectivity index (χ2n) is 5.03. The maximum atomic E-state index is 12.3. The van der Waals surface area contributed by atoms with Crippen LogP contribution in [-0.2, 0) is 4.79 Å². The molecule has 0 aliphatic rings. The third kappa shape index (κ3) is 4.25. The number of benzene rings is 1. The van der Waals surface area contributed by atoms with Crippen LogP contribution in [0.5, 0.6) is 0 Å². The molecule has 25 heavy (non-hydrogen) atoms. The summed E-state index contributed by atoms with van der Waals surface area (Å²) in [5.74, 6) is -0.746. The lowest BCUT2D eigenvalue weighted by molar-refractivity contribution is -0.116. The van der Waals surface area contributed by atoms with Gasteiger partial charge < -0.3 is 4.42 Å². The van der Waals surface area contributed by atoms with Crippen molar-refractivity contribution in [2.24, 2.45) is 0 Å². The molecule has 6 nitrogen and oxygen atoms in total. The molecule has 0 amide bonds. The van der Waals surface area contributed by atoms with Gasteiger partial charge in [0, 0.05) is 21.7 Å². The molecule has 2 heterocycles. The van der Waals surface area contributed by atoms with Gasteiger partial charge in [0.15, 0.2) is 11.7 Å². The molecule has 2 aromatic heterocycles. The average Bonchev–Trinajstić information content (AvgIpc) is 3.23. The van der Waals surface area contributed by atoms with Crippen LogP contribution in [0, 0.1) is 18.3 Å². The number of aryl methyl sites for hydroxylation is 1. The topological polar surface area (TPSA) is 92.7 Å². The third-order valence-corrected chi connectivity index (χ3v) is 5.25. The number of Topliss-reactive ketones (excluding diaryl/α,β-unsaturated/α-hetero) is 1. The van der Waals surface area contributed by atoms with Crippen LogP contribution in [-0.4, -0.2) is 26.7 Å². The van der Waals surface area contributed by atoms with Gasteiger partial charge in [-0.05, 0) is 25.1 Å². The lowest BCUT2D eigenvalue weighted by Gasteiger charge is -2.02. The van der Waals surface area contributed by atoms with E-state index in [1.807, 2.05) is 18.4 Å². The van der Waals surface area contributed by atoms with Crippen LogP contribution in [0.4, 0.5) is 0 Å². The summed E-state index contributed by atoms with van der Waals surface area (Å²) in [6, 6.07) is 9.05. The van der Waals surface area contributed by atoms with Gasteiger partial charge in [-0.25, -0.2) is 4.98 Å². The van der Waals surface area contributed by atoms with E-state index >= 15 is 0 Å². The Labute approximate surface area is 156 Å². The van der Waals surface area contributed by atoms with E-state index in [1.54, 1.807) is 24.3 Å². The minimum Gasteiger partial charge on any atom is -0.411 e. The fraction of sp³-hybridized carbons (Fsp3) is 0.188. The number of thiazole rings is 1. The summed E-state index contributed by atoms with van der Waals surface area (Å²) in [5, 5.41) is 20.3. The number of halogens is 1. The highest BCUT2D eigenvalue weighted by Crippen LogP contribution is 2.27. The van der Waals surface area contributed by atoms with Gasteiger partial charge in [0.05, 0.1) is 11.8 Å². The van der Waals surface area contributed by atoms with E-state index in [-0.39, 0.29) is 16.8 Å². The molecule has 0 saturated heterocycles. The molecule has 0 fully saturated rings. The molecule has 9 heteroatoms. The lowest BCUT2D eigenvalue weighted by Crippen LogP contribution is -2.13. The van der Waals surface area contributed by atoms with Crippen molar-refractivity contribution in [1.82, 2.24) is 15.2 Å². The normalized spacial score (nSPS) is 11.9. The van der Waals surface area contributed by atoms with Crippen LogP contribution >= 0.6 is 34.7 Å². The number of carbonyl (C=O) groups excluding carboxylic acids is 1. The van der Waals surface area contributed by atoms with E-state index in [9.17, 15) is 10.1 Å². The van der Waals surface area contributed by atoms with E-state index < -0.39 is 5.92 Å². The van der Waals surface area contributed by atoms with E-state index in [0.29, 0.717) is 21.5 Å². The van der Waals surface area contributed by atoms with Crippen LogP contribution in [0.1, 0.15) is 16.6 Å². The molecule has 0 N–H and O–H groups in total. The SMILES string of the molecule is Cc1csc([C@@H](C#N)C(=O)CSc2nnc(-c3cccc(Cl)c3)o2)n1. The second-order valence-corrected chi connectivity index (χ2v) is 7.28. The van der Waals surface area contributed by atoms with Crippen LogP contribution in [0.2, 0.25) is 5.02 Å². The van der Waals surface area contributed by atoms with Gasteiger partial charge in [0.1, 0.15) is 5.01 Å². The molecule has 126 valence electrons. The Hall–Kier alpha value is -2.21. The Balaban J connectivity index is 1.66. The molecule has 1 aromatic carbocycles. The number of ketones is 1. The Morgan fingerprint density at radius 3 is 3.00 bits per heavy atom. The number of nitriles is 1. The molecule has 0 bridgehead atoms. The van der Waals surface area contributed by atoms with Crippen molar-refractivity contribution < 1.29 is 9.21 Å². The monoisotopic (exact) mass is 390 g/mol. The summed E-state index contributed by atoms with van der Waals surface area (Å²) < 4.78 is 5.53. The van der Waals surface area contributed by atoms with Crippen LogP contribution in [0.25, 0.3) is 11.5 Å². The third-order valence-electron chi connectivity index (χ3n) is 3.15. The first-order valence-electron chi connectivity index (χ1n) is 7.13. The van der Waals surface area contributed by atoms with Crippen LogP contribution < -0.4 is 0 Å². The number of carbonyl (C=O) groups is 1. The summed E-state index contributed by atoms with van der Waals surface area (Å²) in [6.07, 6.45) is 0. The maximum absolute atomic E-state index is 12.3. The fourth-order valence-corrected chi connectivity index (χ4v) is 3.71. The number of aromatic nitrogens is 3. The average molecular weight is 391 g/mol. The summed E-state index contributed by atoms with van der Waals surface area (Å²) in [5.41, 5.74) is 1.50. The first-order valence-corrected chi connectivity index (χ1v) is 9.37. The molecule has 3 aromatic rings. The molecule has 0 unspecified atom stereocenters. The first kappa shape index (κ1) is 17.6. The standard InChI is InChI=1S/C16H11ClN4O2S2/c1-9-7-24-15(19-9)12(6-18)13(22)8-25-16-21-20-14(23-16)10-3-2-4-11(17)5-10/h2-5,7,12H,8H2,1H3/t12-/m0/s1. The molecule has 1 atom stereocenters. The van der Waals surface area contributed by atoms with Crippen molar-refractivity contribution in [2.75, 3.05) is 5.75 Å². The summed E-state index contributed by atoms with van der Waals surface area (Å²) in [6.45, 7) is 1.82. The minimum atomic E-state index is -0.874. The van der Waals surface area contributed by atoms with Gasteiger partial charge in [-0.15, -0.1) is 21.5 Å². The quantitative estimate of drug-likeness (QED) is 0.584. The lowest BCUT2D eigenvalue weighted by atomic mass is 10.1. The predicted octanol–water partition coefficient (Wildman–Crippen LogP) is 4.12. The van der Waals surface area contributed by atoms with Crippen molar-refractivity contribution >= 4 is 40.5 Å². The van der Waals surface area contributed by atoms with E-state index in [2.05, 4.69) is 15.2 Å². The Kier molecular flexibility index (Phi) is 5.48. The fourth-order valence-electron chi connectivity index (χ4n) is 1.99. The maximum Gasteiger partial charge on any atom is 0.277 e. The smallest absolute Gasteiger partial charge is 0.277 e. The summed E-state index contributed by atoms with van der Waals surface area (Å²) in [4.78, 5) is 16.5. The zero-order chi connectivity index (χ0) is 17.8. The highest BCUT2D eigenvalue weighted by Gasteiger charge is 2.24. The van der Waals surface area contributed by atoms with Crippen LogP contribution in [0.15, 0.2) is 39.3 Å². The van der Waals surface area contributed by atoms with Gasteiger partial charge in [0.2, 0.25) is 5.89 Å². The van der Waals surface area contributed by atoms with Crippen molar-refractivity contribution in [1.29, 1.82) is 5.26 Å². The van der Waals surface area contributed by atoms with E-state index in [0.717, 1.165) is 17.5 Å². The molecule has 0 saturated carbocycles. The molecule has 0 spiro atoms. The van der Waals surface area contributed by atoms with Crippen molar-refractivity contribution in [3.8, 4) is 17.5 Å². The Bertz CT molecular complexity index is 948. The Morgan fingerprint density at radius 2 is 2.32 bits per heavy atom. The van der Waals surface area contributed by atoms with E-state index in [4.69, 9.17) is 16.0 Å². The van der Waals surface area contributed by atoms with Gasteiger partial charge in [-0.3, -0.25) is 4.79 Å². The van der Waals surface area contributed by atoms with E-state index in [1.165, 1.54) is 11.3 Å². The zero-order valence-electron chi connectivity index (χ0n) is 13.0. The largest absolute Gasteiger partial charge is 0.411 e. The van der Waals surface area contributed by atoms with Crippen molar-refractivity contribution in [2.45, 2.75) is 18.1 Å². The molecule has 0 aliphatic carbocycles. The molecular weight excluding hydrogens is 380 g/mol. The van der Waals surface area contributed by atoms with Crippen molar-refractivity contribution in [3.63, 3.8) is 0 Å². The van der Waals surface area contributed by atoms with Gasteiger partial charge in [-0.2, -0.15) is 5.26 Å². The number of nitrogens with zero attached hydrogens (tertiary/aromatic N) is 4.